The molecule has 14 nitrogen and oxygen atoms in total. The third kappa shape index (κ3) is 81.8. The topological polar surface area (TPSA) is 205 Å². The molecule has 2 aliphatic rings. The Kier molecular flexibility index (Phi) is 88.9. The van der Waals surface area contributed by atoms with Crippen molar-refractivity contribution in [2.45, 2.75) is 556 Å². The molecule has 0 bridgehead atoms. The summed E-state index contributed by atoms with van der Waals surface area (Å²) < 4.78 is 33.5. The molecule has 742 valence electrons. The van der Waals surface area contributed by atoms with E-state index >= 15 is 0 Å². The van der Waals surface area contributed by atoms with E-state index in [9.17, 15) is 39.6 Å². The maximum absolute atomic E-state index is 13.2. The van der Waals surface area contributed by atoms with Crippen LogP contribution < -0.4 is 0 Å². The van der Waals surface area contributed by atoms with Crippen LogP contribution in [0.3, 0.4) is 0 Å². The molecule has 0 radical (unpaired) electrons. The van der Waals surface area contributed by atoms with Crippen molar-refractivity contribution in [3.8, 4) is 0 Å². The van der Waals surface area contributed by atoms with Crippen molar-refractivity contribution in [2.75, 3.05) is 26.4 Å². The van der Waals surface area contributed by atoms with E-state index in [1.807, 2.05) is 0 Å². The van der Waals surface area contributed by atoms with Gasteiger partial charge in [0.1, 0.15) is 49.8 Å². The van der Waals surface area contributed by atoms with Gasteiger partial charge in [0.05, 0.1) is 13.2 Å². The monoisotopic (exact) mass is 1800 g/mol. The van der Waals surface area contributed by atoms with Gasteiger partial charge in [-0.15, -0.1) is 0 Å². The Hall–Kier alpha value is -4.96. The average molecular weight is 1800 g/mol. The van der Waals surface area contributed by atoms with Crippen molar-refractivity contribution >= 4 is 23.9 Å². The van der Waals surface area contributed by atoms with E-state index in [-0.39, 0.29) is 57.6 Å². The predicted octanol–water partition coefficient (Wildman–Crippen LogP) is 31.9. The molecular weight excluding hydrogens is 1590 g/mol. The lowest BCUT2D eigenvalue weighted by Crippen LogP contribution is -2.46. The van der Waals surface area contributed by atoms with Crippen molar-refractivity contribution in [3.05, 3.63) is 119 Å². The van der Waals surface area contributed by atoms with Crippen LogP contribution in [0.2, 0.25) is 0 Å². The molecule has 0 aliphatic carbocycles. The summed E-state index contributed by atoms with van der Waals surface area (Å²) in [6, 6.07) is 0. The van der Waals surface area contributed by atoms with Crippen LogP contribution in [0.25, 0.3) is 0 Å². The Morgan fingerprint density at radius 1 is 0.289 bits per heavy atom. The highest BCUT2D eigenvalue weighted by Gasteiger charge is 2.46. The van der Waals surface area contributed by atoms with Gasteiger partial charge in [0.25, 0.3) is 0 Å². The SMILES string of the molecule is CC(C)=CCC/C(C)=C/CC/C(C)=C/CC/C=C(\C)CC/C=C(\C)CCC=C(C)C.CCCCCCCC/C=C\CCCCCCCC(=O)OC[C@@H](O)[C@H]1OC[C@H](O)[C@H]1O.CCCCCCCC/C=C\CCCCCCCC(=O)OC[C@@H](OC(=O)CCCCCCC/C=C\CCCCCCCC)[C@H]1OC[C@H](O)[C@H]1OC(=O)CCCCCCC/C=C\CCCCCCCC. The standard InChI is InChI=1S/C60H108O8.C30H50.C24H44O6/c1-4-7-10-13-16-19-22-25-28-31-34-37-40-43-46-49-56(62)65-53-55(67-57(63)50-47-44-41-38-35-32-29-26-23-20-17-14-11-8-5-2)60-59(54(61)52-66-60)68-58(64)51-48-45-42-39-36-33-30-27-24-21-18-15-12-9-6-3;1-25(2)15-11-19-29(7)23-13-21-27(5)17-9-10-18-28(6)22-14-24-30(8)20-12-16-26(3)4;1-2-3-4-5-6-7-8-9-10-11-12-13-14-15-16-17-22(27)29-19-21(26)24-23(28)20(25)18-30-24/h25-30,54-55,59-61H,4-24,31-53H2,1-3H3;15-18,23-24H,9-14,19-22H2,1-8H3;9-10,20-21,23-26,28H,2-8,11-19H2,1H3/b28-25-,29-26-,30-27-;27-17+,28-18+,29-23+,30-24+;10-9-/t54-,55+,59+,60+;;20-,21+,23+,24+/m0.0/s1. The lowest BCUT2D eigenvalue weighted by Gasteiger charge is -2.28. The first-order valence-electron chi connectivity index (χ1n) is 53.3. The van der Waals surface area contributed by atoms with Gasteiger partial charge in [0.2, 0.25) is 0 Å². The lowest BCUT2D eigenvalue weighted by molar-refractivity contribution is -0.177. The molecule has 8 atom stereocenters. The van der Waals surface area contributed by atoms with E-state index in [0.29, 0.717) is 19.3 Å². The molecule has 2 aliphatic heterocycles. The second-order valence-corrected chi connectivity index (χ2v) is 38.0. The van der Waals surface area contributed by atoms with Crippen molar-refractivity contribution in [3.63, 3.8) is 0 Å². The zero-order chi connectivity index (χ0) is 94.0. The van der Waals surface area contributed by atoms with Crippen LogP contribution in [-0.2, 0) is 47.6 Å². The number of esters is 4. The van der Waals surface area contributed by atoms with Gasteiger partial charge in [-0.1, -0.05) is 352 Å². The van der Waals surface area contributed by atoms with Crippen molar-refractivity contribution < 1.29 is 68.0 Å². The zero-order valence-electron chi connectivity index (χ0n) is 85.1. The predicted molar refractivity (Wildman–Crippen MR) is 543 cm³/mol. The molecular formula is C114H202O14. The normalized spacial score (nSPS) is 17.3. The van der Waals surface area contributed by atoms with Crippen LogP contribution in [0.4, 0.5) is 0 Å². The third-order valence-electron chi connectivity index (χ3n) is 24.4. The third-order valence-corrected chi connectivity index (χ3v) is 24.4. The van der Waals surface area contributed by atoms with Gasteiger partial charge in [0, 0.05) is 25.7 Å². The molecule has 0 aromatic rings. The second kappa shape index (κ2) is 92.5. The summed E-state index contributed by atoms with van der Waals surface area (Å²) in [5.74, 6) is -1.50. The molecule has 4 N–H and O–H groups in total. The zero-order valence-corrected chi connectivity index (χ0v) is 85.1. The number of hydrogen-bond donors (Lipinski definition) is 4. The largest absolute Gasteiger partial charge is 0.463 e. The number of rotatable bonds is 83. The smallest absolute Gasteiger partial charge is 0.306 e. The van der Waals surface area contributed by atoms with E-state index < -0.39 is 60.8 Å². The molecule has 2 rings (SSSR count). The van der Waals surface area contributed by atoms with Gasteiger partial charge in [-0.25, -0.2) is 0 Å². The summed E-state index contributed by atoms with van der Waals surface area (Å²) in [5.41, 5.74) is 8.97. The minimum atomic E-state index is -1.15. The highest BCUT2D eigenvalue weighted by atomic mass is 16.6. The Balaban J connectivity index is 0.00000220. The minimum Gasteiger partial charge on any atom is -0.463 e. The van der Waals surface area contributed by atoms with Crippen molar-refractivity contribution in [1.29, 1.82) is 0 Å². The van der Waals surface area contributed by atoms with Gasteiger partial charge >= 0.3 is 23.9 Å². The fourth-order valence-electron chi connectivity index (χ4n) is 16.0. The van der Waals surface area contributed by atoms with Crippen LogP contribution in [0.15, 0.2) is 119 Å². The van der Waals surface area contributed by atoms with Gasteiger partial charge < -0.3 is 48.8 Å². The van der Waals surface area contributed by atoms with Gasteiger partial charge in [-0.3, -0.25) is 19.2 Å². The summed E-state index contributed by atoms with van der Waals surface area (Å²) in [5, 5.41) is 39.8. The van der Waals surface area contributed by atoms with Crippen LogP contribution in [0.5, 0.6) is 0 Å². The minimum absolute atomic E-state index is 0.0221. The highest BCUT2D eigenvalue weighted by molar-refractivity contribution is 5.71. The second-order valence-electron chi connectivity index (χ2n) is 38.0. The number of aliphatic hydroxyl groups excluding tert-OH is 4. The number of ether oxygens (including phenoxy) is 6. The molecule has 0 saturated carbocycles. The van der Waals surface area contributed by atoms with E-state index in [4.69, 9.17) is 28.4 Å². The summed E-state index contributed by atoms with van der Waals surface area (Å²) in [6.07, 6.45) is 99.3. The number of carbonyl (C=O) groups is 4. The van der Waals surface area contributed by atoms with Gasteiger partial charge in [0.15, 0.2) is 12.2 Å². The van der Waals surface area contributed by atoms with Crippen LogP contribution in [-0.4, -0.2) is 120 Å². The van der Waals surface area contributed by atoms with E-state index in [0.717, 1.165) is 128 Å². The maximum Gasteiger partial charge on any atom is 0.306 e. The summed E-state index contributed by atoms with van der Waals surface area (Å²) in [4.78, 5) is 50.9. The quantitative estimate of drug-likeness (QED) is 0.0194. The number of carbonyl (C=O) groups excluding carboxylic acids is 4. The molecule has 128 heavy (non-hydrogen) atoms. The Bertz CT molecular complexity index is 2840. The fraction of sp³-hybridized carbons (Fsp3) is 0.789. The number of unbranched alkanes of at least 4 members (excludes halogenated alkanes) is 45. The van der Waals surface area contributed by atoms with Crippen molar-refractivity contribution in [1.82, 2.24) is 0 Å². The van der Waals surface area contributed by atoms with Crippen LogP contribution >= 0.6 is 0 Å². The molecule has 0 aromatic carbocycles. The lowest BCUT2D eigenvalue weighted by atomic mass is 10.0. The molecule has 2 fully saturated rings. The van der Waals surface area contributed by atoms with Gasteiger partial charge in [-0.2, -0.15) is 0 Å². The Labute approximate surface area is 788 Å². The first-order valence-corrected chi connectivity index (χ1v) is 53.3. The average Bonchev–Trinajstić information content (AvgIpc) is 1.68. The molecule has 2 heterocycles. The molecule has 0 amide bonds. The van der Waals surface area contributed by atoms with Crippen LogP contribution in [0.1, 0.15) is 507 Å². The Morgan fingerprint density at radius 2 is 0.547 bits per heavy atom. The fourth-order valence-corrected chi connectivity index (χ4v) is 16.0. The summed E-state index contributed by atoms with van der Waals surface area (Å²) in [6.45, 7) is 26.3. The molecule has 0 aromatic heterocycles. The highest BCUT2D eigenvalue weighted by Crippen LogP contribution is 2.27. The summed E-state index contributed by atoms with van der Waals surface area (Å²) >= 11 is 0. The molecule has 2 saturated heterocycles. The first kappa shape index (κ1) is 123. The number of aliphatic hydroxyl groups is 4. The van der Waals surface area contributed by atoms with Crippen molar-refractivity contribution in [2.24, 2.45) is 0 Å². The van der Waals surface area contributed by atoms with E-state index in [1.165, 1.54) is 290 Å². The Morgan fingerprint density at radius 3 is 0.852 bits per heavy atom. The van der Waals surface area contributed by atoms with E-state index in [2.05, 4.69) is 168 Å². The molecule has 0 unspecified atom stereocenters. The first-order chi connectivity index (χ1) is 62.2. The van der Waals surface area contributed by atoms with E-state index in [1.54, 1.807) is 0 Å². The maximum atomic E-state index is 13.2. The molecule has 14 heteroatoms. The summed E-state index contributed by atoms with van der Waals surface area (Å²) in [7, 11) is 0. The van der Waals surface area contributed by atoms with Crippen LogP contribution in [0, 0.1) is 0 Å². The van der Waals surface area contributed by atoms with Gasteiger partial charge in [-0.05, 0) is 248 Å². The molecule has 0 spiro atoms. The number of allylic oxidation sites excluding steroid dienone is 20. The number of hydrogen-bond acceptors (Lipinski definition) is 14.